The maximum Gasteiger partial charge on any atom is 0.243 e. The van der Waals surface area contributed by atoms with Gasteiger partial charge in [-0.1, -0.05) is 6.42 Å². The molecule has 1 aliphatic rings. The van der Waals surface area contributed by atoms with Crippen LogP contribution in [0.2, 0.25) is 0 Å². The van der Waals surface area contributed by atoms with Crippen LogP contribution in [0.3, 0.4) is 0 Å². The van der Waals surface area contributed by atoms with Gasteiger partial charge < -0.3 is 0 Å². The van der Waals surface area contributed by atoms with Gasteiger partial charge in [0.2, 0.25) is 10.0 Å². The van der Waals surface area contributed by atoms with Gasteiger partial charge in [0.05, 0.1) is 22.8 Å². The van der Waals surface area contributed by atoms with Crippen LogP contribution in [0.1, 0.15) is 30.9 Å². The molecule has 0 aliphatic carbocycles. The second-order valence-corrected chi connectivity index (χ2v) is 8.41. The molecule has 26 heavy (non-hydrogen) atoms. The Balaban J connectivity index is 1.65. The van der Waals surface area contributed by atoms with Crippen molar-refractivity contribution in [3.8, 4) is 5.69 Å². The van der Waals surface area contributed by atoms with Crippen molar-refractivity contribution in [1.29, 1.82) is 0 Å². The molecule has 0 spiro atoms. The first-order valence-corrected chi connectivity index (χ1v) is 10.1. The van der Waals surface area contributed by atoms with Gasteiger partial charge in [-0.3, -0.25) is 4.68 Å². The number of benzene rings is 1. The van der Waals surface area contributed by atoms with E-state index in [2.05, 4.69) is 10.2 Å². The van der Waals surface area contributed by atoms with Gasteiger partial charge >= 0.3 is 0 Å². The van der Waals surface area contributed by atoms with Crippen molar-refractivity contribution in [2.24, 2.45) is 7.05 Å². The molecule has 1 aliphatic heterocycles. The predicted octanol–water partition coefficient (Wildman–Crippen LogP) is 2.52. The summed E-state index contributed by atoms with van der Waals surface area (Å²) in [7, 11) is -1.72. The fourth-order valence-electron chi connectivity index (χ4n) is 3.47. The zero-order chi connectivity index (χ0) is 18.1. The van der Waals surface area contributed by atoms with E-state index in [9.17, 15) is 8.42 Å². The maximum absolute atomic E-state index is 13.3. The first-order chi connectivity index (χ1) is 12.6. The molecule has 7 nitrogen and oxygen atoms in total. The quantitative estimate of drug-likeness (QED) is 0.706. The third-order valence-corrected chi connectivity index (χ3v) is 6.70. The van der Waals surface area contributed by atoms with Gasteiger partial charge in [0.15, 0.2) is 0 Å². The summed E-state index contributed by atoms with van der Waals surface area (Å²) in [5, 5.41) is 8.38. The van der Waals surface area contributed by atoms with Crippen molar-refractivity contribution in [1.82, 2.24) is 23.9 Å². The average molecular weight is 371 g/mol. The summed E-state index contributed by atoms with van der Waals surface area (Å²) < 4.78 is 31.5. The molecule has 1 fully saturated rings. The molecule has 0 amide bonds. The smallest absolute Gasteiger partial charge is 0.243 e. The van der Waals surface area contributed by atoms with E-state index < -0.39 is 10.0 Å². The highest BCUT2D eigenvalue weighted by atomic mass is 32.2. The highest BCUT2D eigenvalue weighted by Crippen LogP contribution is 2.35. The van der Waals surface area contributed by atoms with Crippen LogP contribution in [-0.4, -0.2) is 38.8 Å². The van der Waals surface area contributed by atoms with Crippen LogP contribution in [0.25, 0.3) is 5.69 Å². The molecule has 0 saturated carbocycles. The van der Waals surface area contributed by atoms with E-state index in [1.807, 2.05) is 25.5 Å². The van der Waals surface area contributed by atoms with Gasteiger partial charge in [-0.05, 0) is 43.2 Å². The molecule has 4 rings (SSSR count). The SMILES string of the molecule is Cn1cc([C@H]2CCCCN2S(=O)(=O)c2ccc(-n3cccn3)cc2)cn1. The minimum atomic E-state index is -3.57. The zero-order valence-corrected chi connectivity index (χ0v) is 15.4. The van der Waals surface area contributed by atoms with Crippen LogP contribution in [0.4, 0.5) is 0 Å². The lowest BCUT2D eigenvalue weighted by atomic mass is 10.0. The van der Waals surface area contributed by atoms with E-state index in [-0.39, 0.29) is 6.04 Å². The lowest BCUT2D eigenvalue weighted by Crippen LogP contribution is -2.38. The molecule has 0 unspecified atom stereocenters. The van der Waals surface area contributed by atoms with Crippen LogP contribution in [0.15, 0.2) is 60.0 Å². The molecular weight excluding hydrogens is 350 g/mol. The molecule has 1 saturated heterocycles. The maximum atomic E-state index is 13.3. The number of sulfonamides is 1. The standard InChI is InChI=1S/C18H21N5O2S/c1-21-14-15(13-20-21)18-5-2-3-12-23(18)26(24,25)17-8-6-16(7-9-17)22-11-4-10-19-22/h4,6-11,13-14,18H,2-3,5,12H2,1H3/t18-/m1/s1. The van der Waals surface area contributed by atoms with Crippen LogP contribution >= 0.6 is 0 Å². The summed E-state index contributed by atoms with van der Waals surface area (Å²) >= 11 is 0. The fourth-order valence-corrected chi connectivity index (χ4v) is 5.15. The Morgan fingerprint density at radius 1 is 1.12 bits per heavy atom. The van der Waals surface area contributed by atoms with Gasteiger partial charge in [0.1, 0.15) is 0 Å². The van der Waals surface area contributed by atoms with Gasteiger partial charge in [-0.15, -0.1) is 0 Å². The largest absolute Gasteiger partial charge is 0.275 e. The van der Waals surface area contributed by atoms with E-state index >= 15 is 0 Å². The third kappa shape index (κ3) is 3.06. The van der Waals surface area contributed by atoms with E-state index in [1.165, 1.54) is 0 Å². The van der Waals surface area contributed by atoms with Crippen LogP contribution in [-0.2, 0) is 17.1 Å². The Bertz CT molecular complexity index is 977. The molecule has 1 atom stereocenters. The molecule has 0 bridgehead atoms. The van der Waals surface area contributed by atoms with E-state index in [4.69, 9.17) is 0 Å². The zero-order valence-electron chi connectivity index (χ0n) is 14.6. The Hall–Kier alpha value is -2.45. The summed E-state index contributed by atoms with van der Waals surface area (Å²) in [5.41, 5.74) is 1.78. The highest BCUT2D eigenvalue weighted by Gasteiger charge is 2.35. The number of piperidine rings is 1. The van der Waals surface area contributed by atoms with Gasteiger partial charge in [0, 0.05) is 37.7 Å². The minimum Gasteiger partial charge on any atom is -0.275 e. The Morgan fingerprint density at radius 2 is 1.92 bits per heavy atom. The molecule has 136 valence electrons. The van der Waals surface area contributed by atoms with Crippen molar-refractivity contribution >= 4 is 10.0 Å². The van der Waals surface area contributed by atoms with E-state index in [0.29, 0.717) is 11.4 Å². The van der Waals surface area contributed by atoms with Crippen LogP contribution in [0.5, 0.6) is 0 Å². The van der Waals surface area contributed by atoms with E-state index in [1.54, 1.807) is 50.3 Å². The summed E-state index contributed by atoms with van der Waals surface area (Å²) in [4.78, 5) is 0.309. The van der Waals surface area contributed by atoms with Crippen LogP contribution < -0.4 is 0 Å². The van der Waals surface area contributed by atoms with Crippen molar-refractivity contribution in [2.75, 3.05) is 6.54 Å². The summed E-state index contributed by atoms with van der Waals surface area (Å²) in [6.45, 7) is 0.531. The monoisotopic (exact) mass is 371 g/mol. The Labute approximate surface area is 152 Å². The number of aryl methyl sites for hydroxylation is 1. The fraction of sp³-hybridized carbons (Fsp3) is 0.333. The first kappa shape index (κ1) is 17.0. The number of nitrogens with zero attached hydrogens (tertiary/aromatic N) is 5. The molecule has 3 aromatic rings. The van der Waals surface area contributed by atoms with Crippen LogP contribution in [0, 0.1) is 0 Å². The number of rotatable bonds is 4. The molecule has 0 radical (unpaired) electrons. The first-order valence-electron chi connectivity index (χ1n) is 8.66. The predicted molar refractivity (Wildman–Crippen MR) is 97.3 cm³/mol. The normalized spacial score (nSPS) is 18.9. The lowest BCUT2D eigenvalue weighted by Gasteiger charge is -2.34. The number of aromatic nitrogens is 4. The second kappa shape index (κ2) is 6.69. The Kier molecular flexibility index (Phi) is 4.37. The minimum absolute atomic E-state index is 0.159. The summed E-state index contributed by atoms with van der Waals surface area (Å²) in [6.07, 6.45) is 9.89. The average Bonchev–Trinajstić information content (AvgIpc) is 3.34. The molecule has 3 heterocycles. The number of hydrogen-bond donors (Lipinski definition) is 0. The summed E-state index contributed by atoms with van der Waals surface area (Å²) in [5.74, 6) is 0. The van der Waals surface area contributed by atoms with Crippen molar-refractivity contribution < 1.29 is 8.42 Å². The summed E-state index contributed by atoms with van der Waals surface area (Å²) in [6, 6.07) is 8.54. The number of hydrogen-bond acceptors (Lipinski definition) is 4. The second-order valence-electron chi connectivity index (χ2n) is 6.52. The topological polar surface area (TPSA) is 73.0 Å². The molecular formula is C18H21N5O2S. The van der Waals surface area contributed by atoms with Crippen molar-refractivity contribution in [3.05, 3.63) is 60.7 Å². The van der Waals surface area contributed by atoms with Gasteiger partial charge in [-0.2, -0.15) is 14.5 Å². The third-order valence-electron chi connectivity index (χ3n) is 4.78. The van der Waals surface area contributed by atoms with Crippen molar-refractivity contribution in [3.63, 3.8) is 0 Å². The van der Waals surface area contributed by atoms with Crippen molar-refractivity contribution in [2.45, 2.75) is 30.2 Å². The Morgan fingerprint density at radius 3 is 2.58 bits per heavy atom. The molecule has 1 aromatic carbocycles. The molecule has 0 N–H and O–H groups in total. The molecule has 2 aromatic heterocycles. The van der Waals surface area contributed by atoms with Gasteiger partial charge in [0.25, 0.3) is 0 Å². The van der Waals surface area contributed by atoms with E-state index in [0.717, 1.165) is 30.5 Å². The van der Waals surface area contributed by atoms with Gasteiger partial charge in [-0.25, -0.2) is 13.1 Å². The molecule has 8 heteroatoms. The lowest BCUT2D eigenvalue weighted by molar-refractivity contribution is 0.256. The highest BCUT2D eigenvalue weighted by molar-refractivity contribution is 7.89.